The summed E-state index contributed by atoms with van der Waals surface area (Å²) >= 11 is 0. The molecule has 3 N–H and O–H groups in total. The van der Waals surface area contributed by atoms with E-state index in [1.165, 1.54) is 7.05 Å². The van der Waals surface area contributed by atoms with E-state index in [4.69, 9.17) is 9.72 Å². The molecular formula is C19H22N6O3S. The van der Waals surface area contributed by atoms with E-state index in [0.717, 1.165) is 18.7 Å². The van der Waals surface area contributed by atoms with Crippen molar-refractivity contribution in [3.63, 3.8) is 0 Å². The molecule has 0 unspecified atom stereocenters. The summed E-state index contributed by atoms with van der Waals surface area (Å²) < 4.78 is 31.9. The van der Waals surface area contributed by atoms with E-state index in [0.29, 0.717) is 35.7 Å². The van der Waals surface area contributed by atoms with Gasteiger partial charge in [-0.25, -0.2) is 23.1 Å². The van der Waals surface area contributed by atoms with Crippen molar-refractivity contribution in [3.8, 4) is 11.3 Å². The summed E-state index contributed by atoms with van der Waals surface area (Å²) in [5, 5.41) is 6.63. The summed E-state index contributed by atoms with van der Waals surface area (Å²) in [6.45, 7) is 2.91. The number of morpholine rings is 1. The van der Waals surface area contributed by atoms with Gasteiger partial charge < -0.3 is 15.4 Å². The fourth-order valence-electron chi connectivity index (χ4n) is 3.13. The molecule has 0 spiro atoms. The van der Waals surface area contributed by atoms with Crippen LogP contribution in [-0.4, -0.2) is 62.8 Å². The van der Waals surface area contributed by atoms with Crippen LogP contribution in [0.3, 0.4) is 0 Å². The Hall–Kier alpha value is -2.66. The Bertz CT molecular complexity index is 1100. The zero-order valence-corrected chi connectivity index (χ0v) is 16.7. The molecule has 3 aromatic rings. The number of fused-ring (bicyclic) bond motifs is 1. The molecule has 152 valence electrons. The van der Waals surface area contributed by atoms with Crippen LogP contribution in [0, 0.1) is 0 Å². The largest absolute Gasteiger partial charge is 0.374 e. The summed E-state index contributed by atoms with van der Waals surface area (Å²) in [5.74, 6) is 0.617. The molecular weight excluding hydrogens is 392 g/mol. The maximum Gasteiger partial charge on any atom is 0.240 e. The highest BCUT2D eigenvalue weighted by molar-refractivity contribution is 7.89. The smallest absolute Gasteiger partial charge is 0.240 e. The Labute approximate surface area is 169 Å². The van der Waals surface area contributed by atoms with Gasteiger partial charge in [0.1, 0.15) is 5.52 Å². The molecule has 3 heterocycles. The highest BCUT2D eigenvalue weighted by atomic mass is 32.2. The molecule has 1 atom stereocenters. The number of rotatable bonds is 6. The molecule has 0 amide bonds. The normalized spacial score (nSPS) is 17.3. The molecule has 9 nitrogen and oxygen atoms in total. The lowest BCUT2D eigenvalue weighted by atomic mass is 10.1. The summed E-state index contributed by atoms with van der Waals surface area (Å²) in [5.41, 5.74) is 2.84. The van der Waals surface area contributed by atoms with Crippen molar-refractivity contribution in [1.82, 2.24) is 25.0 Å². The third-order valence-electron chi connectivity index (χ3n) is 4.69. The molecule has 0 bridgehead atoms. The van der Waals surface area contributed by atoms with Crippen molar-refractivity contribution in [2.24, 2.45) is 0 Å². The zero-order valence-electron chi connectivity index (χ0n) is 15.9. The van der Waals surface area contributed by atoms with Crippen LogP contribution in [0.15, 0.2) is 47.6 Å². The van der Waals surface area contributed by atoms with Crippen LogP contribution in [0.1, 0.15) is 0 Å². The van der Waals surface area contributed by atoms with Crippen molar-refractivity contribution in [3.05, 3.63) is 42.7 Å². The molecule has 0 saturated carbocycles. The van der Waals surface area contributed by atoms with Crippen LogP contribution < -0.4 is 15.4 Å². The molecule has 1 aliphatic heterocycles. The van der Waals surface area contributed by atoms with Gasteiger partial charge in [-0.05, 0) is 25.2 Å². The molecule has 29 heavy (non-hydrogen) atoms. The predicted octanol–water partition coefficient (Wildman–Crippen LogP) is 1.00. The molecule has 1 aliphatic rings. The van der Waals surface area contributed by atoms with Gasteiger partial charge in [-0.15, -0.1) is 0 Å². The van der Waals surface area contributed by atoms with E-state index in [2.05, 4.69) is 25.3 Å². The number of nitrogens with one attached hydrogen (secondary N) is 3. The van der Waals surface area contributed by atoms with Crippen molar-refractivity contribution in [1.29, 1.82) is 0 Å². The topological polar surface area (TPSA) is 118 Å². The molecule has 0 aliphatic carbocycles. The standard InChI is InChI=1S/C19H22N6O3S/c1-20-29(26,27)15-4-2-13(3-5-15)16-10-17-18(23-7-6-22-17)19(25-16)24-12-14-11-21-8-9-28-14/h2-7,10,14,20-21H,8-9,11-12H2,1H3,(H,24,25)/t14-/m0/s1. The first-order chi connectivity index (χ1) is 14.1. The first-order valence-corrected chi connectivity index (χ1v) is 10.8. The van der Waals surface area contributed by atoms with Crippen LogP contribution in [-0.2, 0) is 14.8 Å². The van der Waals surface area contributed by atoms with Gasteiger partial charge in [0.2, 0.25) is 10.0 Å². The third kappa shape index (κ3) is 4.35. The molecule has 4 rings (SSSR count). The Kier molecular flexibility index (Phi) is 5.67. The number of hydrogen-bond donors (Lipinski definition) is 3. The molecule has 10 heteroatoms. The van der Waals surface area contributed by atoms with E-state index >= 15 is 0 Å². The Balaban J connectivity index is 1.66. The number of benzene rings is 1. The molecule has 1 fully saturated rings. The van der Waals surface area contributed by atoms with Crippen molar-refractivity contribution >= 4 is 26.9 Å². The summed E-state index contributed by atoms with van der Waals surface area (Å²) in [6.07, 6.45) is 3.31. The summed E-state index contributed by atoms with van der Waals surface area (Å²) in [7, 11) is -2.10. The highest BCUT2D eigenvalue weighted by Crippen LogP contribution is 2.26. The van der Waals surface area contributed by atoms with Gasteiger partial charge in [-0.3, -0.25) is 4.98 Å². The lowest BCUT2D eigenvalue weighted by Crippen LogP contribution is -2.42. The van der Waals surface area contributed by atoms with E-state index in [1.807, 2.05) is 6.07 Å². The molecule has 1 saturated heterocycles. The van der Waals surface area contributed by atoms with Crippen LogP contribution in [0.25, 0.3) is 22.3 Å². The number of aromatic nitrogens is 3. The summed E-state index contributed by atoms with van der Waals surface area (Å²) in [6, 6.07) is 8.41. The van der Waals surface area contributed by atoms with Crippen molar-refractivity contribution in [2.75, 3.05) is 38.6 Å². The van der Waals surface area contributed by atoms with Gasteiger partial charge >= 0.3 is 0 Å². The zero-order chi connectivity index (χ0) is 20.3. The van der Waals surface area contributed by atoms with Crippen molar-refractivity contribution < 1.29 is 13.2 Å². The first-order valence-electron chi connectivity index (χ1n) is 9.29. The van der Waals surface area contributed by atoms with Crippen LogP contribution in [0.5, 0.6) is 0 Å². The number of anilines is 1. The fraction of sp³-hybridized carbons (Fsp3) is 0.316. The molecule has 0 radical (unpaired) electrons. The van der Waals surface area contributed by atoms with E-state index in [9.17, 15) is 8.42 Å². The van der Waals surface area contributed by atoms with E-state index < -0.39 is 10.0 Å². The predicted molar refractivity (Wildman–Crippen MR) is 110 cm³/mol. The fourth-order valence-corrected chi connectivity index (χ4v) is 3.86. The van der Waals surface area contributed by atoms with Crippen LogP contribution in [0.4, 0.5) is 5.82 Å². The average molecular weight is 414 g/mol. The number of hydrogen-bond acceptors (Lipinski definition) is 8. The Morgan fingerprint density at radius 1 is 1.21 bits per heavy atom. The van der Waals surface area contributed by atoms with Gasteiger partial charge in [-0.2, -0.15) is 0 Å². The Morgan fingerprint density at radius 3 is 2.72 bits per heavy atom. The summed E-state index contributed by atoms with van der Waals surface area (Å²) in [4.78, 5) is 13.7. The van der Waals surface area contributed by atoms with Crippen LogP contribution >= 0.6 is 0 Å². The minimum Gasteiger partial charge on any atom is -0.374 e. The number of pyridine rings is 1. The second-order valence-electron chi connectivity index (χ2n) is 6.59. The average Bonchev–Trinajstić information content (AvgIpc) is 2.78. The SMILES string of the molecule is CNS(=O)(=O)c1ccc(-c2cc3nccnc3c(NC[C@@H]3CNCCO3)n2)cc1. The van der Waals surface area contributed by atoms with Crippen LogP contribution in [0.2, 0.25) is 0 Å². The third-order valence-corrected chi connectivity index (χ3v) is 6.12. The maximum atomic E-state index is 11.9. The second kappa shape index (κ2) is 8.37. The minimum atomic E-state index is -3.49. The lowest BCUT2D eigenvalue weighted by Gasteiger charge is -2.24. The van der Waals surface area contributed by atoms with Gasteiger partial charge in [0.05, 0.1) is 28.8 Å². The Morgan fingerprint density at radius 2 is 2.00 bits per heavy atom. The van der Waals surface area contributed by atoms with E-state index in [-0.39, 0.29) is 11.0 Å². The monoisotopic (exact) mass is 414 g/mol. The molecule has 2 aromatic heterocycles. The lowest BCUT2D eigenvalue weighted by molar-refractivity contribution is 0.0372. The quantitative estimate of drug-likeness (QED) is 0.547. The van der Waals surface area contributed by atoms with Gasteiger partial charge in [0.25, 0.3) is 0 Å². The minimum absolute atomic E-state index is 0.0481. The van der Waals surface area contributed by atoms with Gasteiger partial charge in [0.15, 0.2) is 5.82 Å². The second-order valence-corrected chi connectivity index (χ2v) is 8.48. The number of nitrogens with zero attached hydrogens (tertiary/aromatic N) is 3. The highest BCUT2D eigenvalue weighted by Gasteiger charge is 2.16. The molecule has 1 aromatic carbocycles. The number of sulfonamides is 1. The first kappa shape index (κ1) is 19.6. The van der Waals surface area contributed by atoms with Gasteiger partial charge in [0, 0.05) is 37.6 Å². The van der Waals surface area contributed by atoms with E-state index in [1.54, 1.807) is 36.7 Å². The number of ether oxygens (including phenoxy) is 1. The maximum absolute atomic E-state index is 11.9. The van der Waals surface area contributed by atoms with Gasteiger partial charge in [-0.1, -0.05) is 12.1 Å². The van der Waals surface area contributed by atoms with Crippen molar-refractivity contribution in [2.45, 2.75) is 11.0 Å².